The van der Waals surface area contributed by atoms with Gasteiger partial charge in [-0.25, -0.2) is 4.98 Å². The van der Waals surface area contributed by atoms with Gasteiger partial charge in [0.2, 0.25) is 0 Å². The molecule has 5 nitrogen and oxygen atoms in total. The minimum Gasteiger partial charge on any atom is -0.393 e. The molecule has 0 radical (unpaired) electrons. The van der Waals surface area contributed by atoms with E-state index in [1.165, 1.54) is 33.9 Å². The van der Waals surface area contributed by atoms with Crippen molar-refractivity contribution < 1.29 is 10.0 Å². The van der Waals surface area contributed by atoms with E-state index in [9.17, 15) is 10.1 Å². The van der Waals surface area contributed by atoms with Gasteiger partial charge in [0.05, 0.1) is 11.0 Å². The van der Waals surface area contributed by atoms with Crippen molar-refractivity contribution in [3.8, 4) is 0 Å². The van der Waals surface area contributed by atoms with E-state index < -0.39 is 4.92 Å². The van der Waals surface area contributed by atoms with Crippen LogP contribution in [0.25, 0.3) is 0 Å². The second-order valence-corrected chi connectivity index (χ2v) is 5.19. The molecule has 7 heteroatoms. The van der Waals surface area contributed by atoms with E-state index in [0.29, 0.717) is 10.8 Å². The van der Waals surface area contributed by atoms with Crippen LogP contribution in [0.1, 0.15) is 6.92 Å². The van der Waals surface area contributed by atoms with Crippen LogP contribution in [0.3, 0.4) is 0 Å². The van der Waals surface area contributed by atoms with Crippen molar-refractivity contribution >= 4 is 27.3 Å². The molecule has 0 bridgehead atoms. The fraction of sp³-hybridized carbons (Fsp3) is 0.375. The molecule has 1 rings (SSSR count). The lowest BCUT2D eigenvalue weighted by atomic mass is 10.4. The predicted octanol–water partition coefficient (Wildman–Crippen LogP) is 2.11. The van der Waals surface area contributed by atoms with Gasteiger partial charge in [-0.1, -0.05) is 10.8 Å². The SMILES string of the molecule is CC(O)CSSc1ccc([N+](=O)[O-])cn1. The lowest BCUT2D eigenvalue weighted by molar-refractivity contribution is -0.385. The molecule has 1 aromatic heterocycles. The molecule has 1 N–H and O–H groups in total. The van der Waals surface area contributed by atoms with Crippen LogP contribution < -0.4 is 0 Å². The molecule has 0 aliphatic carbocycles. The molecule has 0 saturated carbocycles. The highest BCUT2D eigenvalue weighted by atomic mass is 33.1. The summed E-state index contributed by atoms with van der Waals surface area (Å²) in [5, 5.41) is 20.0. The Bertz CT molecular complexity index is 329. The smallest absolute Gasteiger partial charge is 0.287 e. The maximum Gasteiger partial charge on any atom is 0.287 e. The highest BCUT2D eigenvalue weighted by Crippen LogP contribution is 2.30. The lowest BCUT2D eigenvalue weighted by Gasteiger charge is -2.01. The van der Waals surface area contributed by atoms with Gasteiger partial charge in [0.25, 0.3) is 5.69 Å². The molecule has 1 unspecified atom stereocenters. The molecule has 1 atom stereocenters. The molecule has 0 amide bonds. The number of hydrogen-bond donors (Lipinski definition) is 1. The summed E-state index contributed by atoms with van der Waals surface area (Å²) in [6, 6.07) is 3.01. The highest BCUT2D eigenvalue weighted by molar-refractivity contribution is 8.76. The lowest BCUT2D eigenvalue weighted by Crippen LogP contribution is -2.01. The third-order valence-electron chi connectivity index (χ3n) is 1.39. The Morgan fingerprint density at radius 2 is 2.40 bits per heavy atom. The van der Waals surface area contributed by atoms with Crippen LogP contribution in [0.4, 0.5) is 5.69 Å². The topological polar surface area (TPSA) is 76.3 Å². The number of pyridine rings is 1. The third kappa shape index (κ3) is 4.50. The molecule has 0 aromatic carbocycles. The van der Waals surface area contributed by atoms with Crippen molar-refractivity contribution in [1.29, 1.82) is 0 Å². The number of nitrogens with zero attached hydrogens (tertiary/aromatic N) is 2. The number of aliphatic hydroxyl groups is 1. The molecule has 82 valence electrons. The Morgan fingerprint density at radius 3 is 2.87 bits per heavy atom. The summed E-state index contributed by atoms with van der Waals surface area (Å²) >= 11 is 0. The molecule has 0 fully saturated rings. The molecule has 0 spiro atoms. The van der Waals surface area contributed by atoms with E-state index in [-0.39, 0.29) is 11.8 Å². The normalized spacial score (nSPS) is 12.4. The van der Waals surface area contributed by atoms with Crippen LogP contribution in [0.15, 0.2) is 23.4 Å². The summed E-state index contributed by atoms with van der Waals surface area (Å²) in [5.74, 6) is 0.601. The highest BCUT2D eigenvalue weighted by Gasteiger charge is 2.06. The summed E-state index contributed by atoms with van der Waals surface area (Å²) in [5.41, 5.74) is -0.0140. The van der Waals surface area contributed by atoms with Crippen LogP contribution in [0.5, 0.6) is 0 Å². The Hall–Kier alpha value is -0.790. The Morgan fingerprint density at radius 1 is 1.67 bits per heavy atom. The van der Waals surface area contributed by atoms with E-state index in [1.807, 2.05) is 0 Å². The van der Waals surface area contributed by atoms with E-state index in [1.54, 1.807) is 13.0 Å². The molecular formula is C8H10N2O3S2. The van der Waals surface area contributed by atoms with Gasteiger partial charge in [-0.3, -0.25) is 10.1 Å². The first kappa shape index (κ1) is 12.3. The zero-order chi connectivity index (χ0) is 11.3. The number of aromatic nitrogens is 1. The van der Waals surface area contributed by atoms with Gasteiger partial charge >= 0.3 is 0 Å². The van der Waals surface area contributed by atoms with Gasteiger partial charge in [-0.05, 0) is 23.8 Å². The molecule has 1 heterocycles. The second kappa shape index (κ2) is 5.94. The first-order valence-corrected chi connectivity index (χ1v) is 6.49. The zero-order valence-electron chi connectivity index (χ0n) is 7.99. The molecule has 1 aromatic rings. The number of aliphatic hydroxyl groups excluding tert-OH is 1. The van der Waals surface area contributed by atoms with Crippen molar-refractivity contribution in [1.82, 2.24) is 4.98 Å². The van der Waals surface area contributed by atoms with E-state index in [4.69, 9.17) is 5.11 Å². The first-order valence-electron chi connectivity index (χ1n) is 4.17. The fourth-order valence-electron chi connectivity index (χ4n) is 0.723. The molecule has 0 saturated heterocycles. The van der Waals surface area contributed by atoms with E-state index in [0.717, 1.165) is 0 Å². The van der Waals surface area contributed by atoms with Gasteiger partial charge in [0.15, 0.2) is 0 Å². The van der Waals surface area contributed by atoms with Gasteiger partial charge in [-0.15, -0.1) is 0 Å². The summed E-state index contributed by atoms with van der Waals surface area (Å²) < 4.78 is 0. The van der Waals surface area contributed by atoms with Crippen LogP contribution >= 0.6 is 21.6 Å². The average molecular weight is 246 g/mol. The van der Waals surface area contributed by atoms with Crippen molar-refractivity contribution in [2.24, 2.45) is 0 Å². The van der Waals surface area contributed by atoms with Crippen molar-refractivity contribution in [3.05, 3.63) is 28.4 Å². The van der Waals surface area contributed by atoms with Crippen LogP contribution in [-0.4, -0.2) is 26.9 Å². The van der Waals surface area contributed by atoms with E-state index in [2.05, 4.69) is 4.98 Å². The number of nitro groups is 1. The first-order chi connectivity index (χ1) is 7.09. The zero-order valence-corrected chi connectivity index (χ0v) is 9.62. The minimum absolute atomic E-state index is 0.0140. The summed E-state index contributed by atoms with van der Waals surface area (Å²) in [6.07, 6.45) is 0.867. The number of hydrogen-bond acceptors (Lipinski definition) is 6. The summed E-state index contributed by atoms with van der Waals surface area (Å²) in [6.45, 7) is 1.71. The van der Waals surface area contributed by atoms with Crippen LogP contribution in [-0.2, 0) is 0 Å². The predicted molar refractivity (Wildman–Crippen MR) is 60.9 cm³/mol. The van der Waals surface area contributed by atoms with Crippen molar-refractivity contribution in [3.63, 3.8) is 0 Å². The van der Waals surface area contributed by atoms with Gasteiger partial charge in [0.1, 0.15) is 11.2 Å². The third-order valence-corrected chi connectivity index (χ3v) is 3.81. The minimum atomic E-state index is -0.482. The van der Waals surface area contributed by atoms with Crippen molar-refractivity contribution in [2.75, 3.05) is 5.75 Å². The summed E-state index contributed by atoms with van der Waals surface area (Å²) in [4.78, 5) is 13.8. The van der Waals surface area contributed by atoms with Crippen LogP contribution in [0.2, 0.25) is 0 Å². The Labute approximate surface area is 94.8 Å². The van der Waals surface area contributed by atoms with Crippen molar-refractivity contribution in [2.45, 2.75) is 18.1 Å². The van der Waals surface area contributed by atoms with Gasteiger partial charge < -0.3 is 5.11 Å². The van der Waals surface area contributed by atoms with E-state index >= 15 is 0 Å². The standard InChI is InChI=1S/C8H10N2O3S2/c1-6(11)5-14-15-8-3-2-7(4-9-8)10(12)13/h2-4,6,11H,5H2,1H3. The van der Waals surface area contributed by atoms with Gasteiger partial charge in [-0.2, -0.15) is 0 Å². The van der Waals surface area contributed by atoms with Gasteiger partial charge in [0, 0.05) is 11.8 Å². The quantitative estimate of drug-likeness (QED) is 0.487. The maximum atomic E-state index is 10.3. The Balaban J connectivity index is 2.46. The summed E-state index contributed by atoms with van der Waals surface area (Å²) in [7, 11) is 2.86. The number of rotatable bonds is 5. The molecule has 0 aliphatic rings. The monoisotopic (exact) mass is 246 g/mol. The maximum absolute atomic E-state index is 10.3. The Kier molecular flexibility index (Phi) is 4.86. The molecule has 15 heavy (non-hydrogen) atoms. The largest absolute Gasteiger partial charge is 0.393 e. The average Bonchev–Trinajstić information content (AvgIpc) is 2.18. The molecule has 0 aliphatic heterocycles. The molecular weight excluding hydrogens is 236 g/mol. The second-order valence-electron chi connectivity index (χ2n) is 2.83. The fourth-order valence-corrected chi connectivity index (χ4v) is 2.78. The van der Waals surface area contributed by atoms with Crippen LogP contribution in [0, 0.1) is 10.1 Å².